The minimum atomic E-state index is -0.0266. The summed E-state index contributed by atoms with van der Waals surface area (Å²) in [6.45, 7) is 6.51. The summed E-state index contributed by atoms with van der Waals surface area (Å²) in [7, 11) is 0. The van der Waals surface area contributed by atoms with Crippen LogP contribution in [0.15, 0.2) is 48.7 Å². The van der Waals surface area contributed by atoms with E-state index in [4.69, 9.17) is 0 Å². The van der Waals surface area contributed by atoms with Crippen LogP contribution < -0.4 is 5.32 Å². The number of nitrogens with one attached hydrogen (secondary N) is 2. The van der Waals surface area contributed by atoms with E-state index >= 15 is 0 Å². The second-order valence-corrected chi connectivity index (χ2v) is 7.79. The summed E-state index contributed by atoms with van der Waals surface area (Å²) in [4.78, 5) is 21.0. The van der Waals surface area contributed by atoms with Gasteiger partial charge < -0.3 is 20.1 Å². The number of hydrogen-bond donors (Lipinski definition) is 2. The van der Waals surface area contributed by atoms with Crippen molar-refractivity contribution in [3.05, 3.63) is 59.9 Å². The number of carbonyl (C=O) groups is 1. The third-order valence-corrected chi connectivity index (χ3v) is 6.27. The maximum Gasteiger partial charge on any atom is 0.267 e. The molecule has 5 nitrogen and oxygen atoms in total. The Bertz CT molecular complexity index is 741. The minimum absolute atomic E-state index is 0.0152. The molecule has 2 N–H and O–H groups in total. The quantitative estimate of drug-likeness (QED) is 0.889. The molecule has 4 bridgehead atoms. The van der Waals surface area contributed by atoms with Crippen molar-refractivity contribution in [1.82, 2.24) is 20.1 Å². The summed E-state index contributed by atoms with van der Waals surface area (Å²) < 4.78 is 0. The Balaban J connectivity index is 1.55. The van der Waals surface area contributed by atoms with Crippen LogP contribution in [0.1, 0.15) is 16.1 Å². The van der Waals surface area contributed by atoms with E-state index in [9.17, 15) is 4.79 Å². The van der Waals surface area contributed by atoms with E-state index in [1.807, 2.05) is 12.1 Å². The molecule has 1 amide bonds. The maximum atomic E-state index is 12.8. The van der Waals surface area contributed by atoms with E-state index in [2.05, 4.69) is 50.4 Å². The van der Waals surface area contributed by atoms with Crippen molar-refractivity contribution < 1.29 is 4.79 Å². The van der Waals surface area contributed by atoms with E-state index < -0.39 is 0 Å². The lowest BCUT2D eigenvalue weighted by Crippen LogP contribution is -2.70. The molecule has 0 spiro atoms. The van der Waals surface area contributed by atoms with Crippen molar-refractivity contribution in [3.63, 3.8) is 0 Å². The standard InChI is InChI=1S/C20H24N4O/c25-19(17-7-4-8-21-17)22-18-15-11-23-9-10-24(12-15)14-20(18,13-23)16-5-2-1-3-6-16/h1-8,15,18,21H,9-14H2,(H,22,25)/t15?,18-,20?/m0/s1. The first kappa shape index (κ1) is 15.2. The van der Waals surface area contributed by atoms with E-state index in [0.29, 0.717) is 11.6 Å². The monoisotopic (exact) mass is 336 g/mol. The smallest absolute Gasteiger partial charge is 0.267 e. The van der Waals surface area contributed by atoms with Crippen molar-refractivity contribution >= 4 is 5.91 Å². The average molecular weight is 336 g/mol. The molecule has 4 aliphatic heterocycles. The summed E-state index contributed by atoms with van der Waals surface area (Å²) >= 11 is 0. The number of aromatic nitrogens is 1. The van der Waals surface area contributed by atoms with Crippen molar-refractivity contribution in [1.29, 1.82) is 0 Å². The molecule has 1 aromatic heterocycles. The van der Waals surface area contributed by atoms with Gasteiger partial charge in [-0.25, -0.2) is 0 Å². The van der Waals surface area contributed by atoms with Gasteiger partial charge in [-0.1, -0.05) is 30.3 Å². The van der Waals surface area contributed by atoms with Crippen LogP contribution in [-0.2, 0) is 5.41 Å². The van der Waals surface area contributed by atoms with Gasteiger partial charge in [-0.15, -0.1) is 0 Å². The first-order valence-corrected chi connectivity index (χ1v) is 9.19. The zero-order valence-electron chi connectivity index (χ0n) is 14.3. The van der Waals surface area contributed by atoms with Gasteiger partial charge in [-0.3, -0.25) is 4.79 Å². The SMILES string of the molecule is O=C(N[C@H]1C2CN3CCN(C2)CC1(c1ccccc1)C3)c1ccc[nH]1. The largest absolute Gasteiger partial charge is 0.357 e. The zero-order valence-corrected chi connectivity index (χ0v) is 14.3. The third-order valence-electron chi connectivity index (χ3n) is 6.27. The zero-order chi connectivity index (χ0) is 16.9. The van der Waals surface area contributed by atoms with Crippen molar-refractivity contribution in [2.75, 3.05) is 39.3 Å². The molecule has 0 radical (unpaired) electrons. The highest BCUT2D eigenvalue weighted by atomic mass is 16.2. The van der Waals surface area contributed by atoms with Gasteiger partial charge >= 0.3 is 0 Å². The number of hydrogen-bond acceptors (Lipinski definition) is 3. The Morgan fingerprint density at radius 2 is 1.76 bits per heavy atom. The average Bonchev–Trinajstić information content (AvgIpc) is 3.05. The lowest BCUT2D eigenvalue weighted by atomic mass is 9.64. The Kier molecular flexibility index (Phi) is 3.47. The number of H-pyrrole nitrogens is 1. The number of rotatable bonds is 3. The molecule has 4 saturated heterocycles. The van der Waals surface area contributed by atoms with Gasteiger partial charge in [-0.2, -0.15) is 0 Å². The molecule has 6 rings (SSSR count). The van der Waals surface area contributed by atoms with Crippen molar-refractivity contribution in [2.45, 2.75) is 11.5 Å². The molecule has 1 aromatic carbocycles. The minimum Gasteiger partial charge on any atom is -0.357 e. The second-order valence-electron chi connectivity index (χ2n) is 7.79. The molecule has 4 aliphatic rings. The van der Waals surface area contributed by atoms with Crippen LogP contribution in [-0.4, -0.2) is 66.0 Å². The van der Waals surface area contributed by atoms with E-state index in [1.165, 1.54) is 5.56 Å². The fourth-order valence-corrected chi connectivity index (χ4v) is 5.26. The molecule has 0 saturated carbocycles. The summed E-state index contributed by atoms with van der Waals surface area (Å²) in [6, 6.07) is 14.7. The summed E-state index contributed by atoms with van der Waals surface area (Å²) in [6.07, 6.45) is 1.81. The Morgan fingerprint density at radius 3 is 2.40 bits per heavy atom. The maximum absolute atomic E-state index is 12.8. The van der Waals surface area contributed by atoms with Crippen LogP contribution in [0.2, 0.25) is 0 Å². The molecule has 25 heavy (non-hydrogen) atoms. The second kappa shape index (κ2) is 5.71. The van der Waals surface area contributed by atoms with E-state index in [1.54, 1.807) is 6.20 Å². The highest BCUT2D eigenvalue weighted by Crippen LogP contribution is 2.43. The normalized spacial score (nSPS) is 36.2. The lowest BCUT2D eigenvalue weighted by molar-refractivity contribution is 0.0179. The molecule has 3 atom stereocenters. The first-order chi connectivity index (χ1) is 12.2. The number of aromatic amines is 1. The van der Waals surface area contributed by atoms with Crippen molar-refractivity contribution in [3.8, 4) is 0 Å². The third kappa shape index (κ3) is 2.41. The Morgan fingerprint density at radius 1 is 1.04 bits per heavy atom. The predicted molar refractivity (Wildman–Crippen MR) is 96.5 cm³/mol. The number of piperidine rings is 2. The molecular weight excluding hydrogens is 312 g/mol. The van der Waals surface area contributed by atoms with Gasteiger partial charge in [0, 0.05) is 62.8 Å². The predicted octanol–water partition coefficient (Wildman–Crippen LogP) is 1.31. The van der Waals surface area contributed by atoms with Gasteiger partial charge in [0.05, 0.1) is 0 Å². The highest BCUT2D eigenvalue weighted by molar-refractivity contribution is 5.92. The fraction of sp³-hybridized carbons (Fsp3) is 0.450. The van der Waals surface area contributed by atoms with Gasteiger partial charge in [0.25, 0.3) is 5.91 Å². The van der Waals surface area contributed by atoms with Gasteiger partial charge in [0.1, 0.15) is 5.69 Å². The van der Waals surface area contributed by atoms with Crippen LogP contribution in [0.3, 0.4) is 0 Å². The number of benzene rings is 1. The number of fused-ring (bicyclic) bond motifs is 1. The van der Waals surface area contributed by atoms with Crippen LogP contribution in [0.5, 0.6) is 0 Å². The molecule has 2 aromatic rings. The van der Waals surface area contributed by atoms with Gasteiger partial charge in [-0.05, 0) is 17.7 Å². The van der Waals surface area contributed by atoms with E-state index in [0.717, 1.165) is 39.3 Å². The van der Waals surface area contributed by atoms with Gasteiger partial charge in [0.2, 0.25) is 0 Å². The molecule has 0 aliphatic carbocycles. The van der Waals surface area contributed by atoms with Crippen LogP contribution in [0, 0.1) is 5.92 Å². The molecule has 4 fully saturated rings. The number of amides is 1. The van der Waals surface area contributed by atoms with Crippen LogP contribution in [0.25, 0.3) is 0 Å². The highest BCUT2D eigenvalue weighted by Gasteiger charge is 2.55. The Labute approximate surface area is 148 Å². The first-order valence-electron chi connectivity index (χ1n) is 9.19. The summed E-state index contributed by atoms with van der Waals surface area (Å²) in [5.74, 6) is 0.491. The van der Waals surface area contributed by atoms with Crippen molar-refractivity contribution in [2.24, 2.45) is 5.92 Å². The molecular formula is C20H24N4O. The van der Waals surface area contributed by atoms with E-state index in [-0.39, 0.29) is 17.4 Å². The summed E-state index contributed by atoms with van der Waals surface area (Å²) in [5, 5.41) is 3.41. The molecule has 130 valence electrons. The van der Waals surface area contributed by atoms with Crippen LogP contribution in [0.4, 0.5) is 0 Å². The van der Waals surface area contributed by atoms with Gasteiger partial charge in [0.15, 0.2) is 0 Å². The molecule has 5 heteroatoms. The Hall–Kier alpha value is -2.11. The number of nitrogens with zero attached hydrogens (tertiary/aromatic N) is 2. The summed E-state index contributed by atoms with van der Waals surface area (Å²) in [5.41, 5.74) is 1.98. The molecule has 2 unspecified atom stereocenters. The topological polar surface area (TPSA) is 51.4 Å². The fourth-order valence-electron chi connectivity index (χ4n) is 5.26. The van der Waals surface area contributed by atoms with Crippen LogP contribution >= 0.6 is 0 Å². The molecule has 5 heterocycles. The lowest BCUT2D eigenvalue weighted by Gasteiger charge is -2.55. The number of carbonyl (C=O) groups excluding carboxylic acids is 1.